The Balaban J connectivity index is 1.64. The minimum absolute atomic E-state index is 0.131. The molecule has 162 valence electrons. The second kappa shape index (κ2) is 7.72. The van der Waals surface area contributed by atoms with Gasteiger partial charge in [0, 0.05) is 17.7 Å². The van der Waals surface area contributed by atoms with Crippen molar-refractivity contribution < 1.29 is 28.9 Å². The summed E-state index contributed by atoms with van der Waals surface area (Å²) in [5, 5.41) is 29.9. The molecule has 7 nitrogen and oxygen atoms in total. The van der Waals surface area contributed by atoms with E-state index in [-0.39, 0.29) is 22.5 Å². The van der Waals surface area contributed by atoms with Crippen LogP contribution in [-0.2, 0) is 0 Å². The van der Waals surface area contributed by atoms with Gasteiger partial charge in [-0.15, -0.1) is 0 Å². The average molecular weight is 440 g/mol. The van der Waals surface area contributed by atoms with Crippen LogP contribution in [0.25, 0.3) is 45.4 Å². The van der Waals surface area contributed by atoms with Gasteiger partial charge in [-0.05, 0) is 65.6 Å². The van der Waals surface area contributed by atoms with Crippen molar-refractivity contribution in [1.82, 2.24) is 0 Å². The van der Waals surface area contributed by atoms with E-state index < -0.39 is 5.97 Å². The Kier molecular flexibility index (Phi) is 4.71. The largest absolute Gasteiger partial charge is 0.508 e. The van der Waals surface area contributed by atoms with Gasteiger partial charge in [0.15, 0.2) is 5.43 Å². The summed E-state index contributed by atoms with van der Waals surface area (Å²) in [5.74, 6) is -0.472. The van der Waals surface area contributed by atoms with E-state index >= 15 is 0 Å². The Morgan fingerprint density at radius 2 is 1.55 bits per heavy atom. The molecule has 7 heteroatoms. The molecule has 0 amide bonds. The Labute approximate surface area is 186 Å². The summed E-state index contributed by atoms with van der Waals surface area (Å²) in [6.07, 6.45) is 3.30. The monoisotopic (exact) mass is 440 g/mol. The van der Waals surface area contributed by atoms with E-state index in [1.807, 2.05) is 6.07 Å². The molecule has 2 aromatic heterocycles. The van der Waals surface area contributed by atoms with Gasteiger partial charge in [0.05, 0.1) is 5.39 Å². The fraction of sp³-hybridized carbons (Fsp3) is 0. The van der Waals surface area contributed by atoms with Gasteiger partial charge in [0.25, 0.3) is 0 Å². The van der Waals surface area contributed by atoms with Crippen LogP contribution < -0.4 is 5.43 Å². The lowest BCUT2D eigenvalue weighted by molar-refractivity contribution is 0.0693. The smallest absolute Gasteiger partial charge is 0.339 e. The first kappa shape index (κ1) is 20.1. The van der Waals surface area contributed by atoms with E-state index in [9.17, 15) is 24.9 Å². The first-order valence-corrected chi connectivity index (χ1v) is 9.93. The third-order valence-electron chi connectivity index (χ3n) is 5.20. The van der Waals surface area contributed by atoms with Crippen LogP contribution in [0.4, 0.5) is 0 Å². The number of hydrogen-bond acceptors (Lipinski definition) is 6. The van der Waals surface area contributed by atoms with Crippen molar-refractivity contribution in [2.45, 2.75) is 0 Å². The molecular formula is C26H16O7. The van der Waals surface area contributed by atoms with Crippen LogP contribution in [0, 0.1) is 0 Å². The predicted molar refractivity (Wildman–Crippen MR) is 123 cm³/mol. The number of carbonyl (C=O) groups is 1. The van der Waals surface area contributed by atoms with Gasteiger partial charge >= 0.3 is 5.97 Å². The minimum Gasteiger partial charge on any atom is -0.508 e. The van der Waals surface area contributed by atoms with Gasteiger partial charge in [-0.2, -0.15) is 0 Å². The lowest BCUT2D eigenvalue weighted by atomic mass is 10.1. The molecule has 0 aliphatic heterocycles. The molecule has 0 fully saturated rings. The van der Waals surface area contributed by atoms with E-state index in [1.165, 1.54) is 24.3 Å². The maximum absolute atomic E-state index is 12.2. The Morgan fingerprint density at radius 1 is 0.818 bits per heavy atom. The zero-order chi connectivity index (χ0) is 23.1. The fourth-order valence-corrected chi connectivity index (χ4v) is 3.65. The molecule has 0 spiro atoms. The highest BCUT2D eigenvalue weighted by Gasteiger charge is 2.13. The van der Waals surface area contributed by atoms with Crippen molar-refractivity contribution in [2.24, 2.45) is 0 Å². The Morgan fingerprint density at radius 3 is 2.27 bits per heavy atom. The van der Waals surface area contributed by atoms with Crippen molar-refractivity contribution in [3.63, 3.8) is 0 Å². The molecule has 5 rings (SSSR count). The third kappa shape index (κ3) is 3.83. The van der Waals surface area contributed by atoms with Crippen LogP contribution >= 0.6 is 0 Å². The first-order chi connectivity index (χ1) is 15.9. The highest BCUT2D eigenvalue weighted by Crippen LogP contribution is 2.33. The summed E-state index contributed by atoms with van der Waals surface area (Å²) in [7, 11) is 0. The molecule has 0 saturated carbocycles. The summed E-state index contributed by atoms with van der Waals surface area (Å²) in [4.78, 5) is 23.5. The molecule has 33 heavy (non-hydrogen) atoms. The zero-order valence-corrected chi connectivity index (χ0v) is 17.0. The van der Waals surface area contributed by atoms with Crippen LogP contribution in [-0.4, -0.2) is 21.3 Å². The van der Waals surface area contributed by atoms with Gasteiger partial charge in [-0.1, -0.05) is 12.1 Å². The summed E-state index contributed by atoms with van der Waals surface area (Å²) < 4.78 is 11.8. The second-order valence-corrected chi connectivity index (χ2v) is 7.47. The highest BCUT2D eigenvalue weighted by atomic mass is 16.4. The zero-order valence-electron chi connectivity index (χ0n) is 17.0. The van der Waals surface area contributed by atoms with E-state index in [1.54, 1.807) is 48.6 Å². The summed E-state index contributed by atoms with van der Waals surface area (Å²) in [6, 6.07) is 17.1. The standard InChI is InChI=1S/C26H16O7/c27-17-5-3-15(4-6-17)22-11-16-10-19(32-23-12-18(28)13-24(33-22)25(16)23)7-1-14-2-8-21(29)20(9-14)26(30)31/h1-13,27,29H,(H,30,31)/b7-1+. The molecular weight excluding hydrogens is 424 g/mol. The number of phenolic OH excluding ortho intramolecular Hbond substituents is 1. The van der Waals surface area contributed by atoms with Crippen molar-refractivity contribution in [3.8, 4) is 22.8 Å². The lowest BCUT2D eigenvalue weighted by Crippen LogP contribution is -1.97. The van der Waals surface area contributed by atoms with Crippen LogP contribution in [0.1, 0.15) is 21.7 Å². The van der Waals surface area contributed by atoms with E-state index in [0.717, 1.165) is 10.9 Å². The highest BCUT2D eigenvalue weighted by molar-refractivity contribution is 6.06. The molecule has 3 N–H and O–H groups in total. The first-order valence-electron chi connectivity index (χ1n) is 9.93. The molecule has 0 bridgehead atoms. The van der Waals surface area contributed by atoms with Gasteiger partial charge in [-0.25, -0.2) is 4.79 Å². The van der Waals surface area contributed by atoms with E-state index in [4.69, 9.17) is 8.83 Å². The Hall–Kier alpha value is -4.78. The van der Waals surface area contributed by atoms with Crippen LogP contribution in [0.3, 0.4) is 0 Å². The number of carboxylic acids is 1. The molecule has 2 heterocycles. The quantitative estimate of drug-likeness (QED) is 0.338. The maximum atomic E-state index is 12.2. The number of hydrogen-bond donors (Lipinski definition) is 3. The molecule has 0 saturated heterocycles. The molecule has 3 aromatic carbocycles. The van der Waals surface area contributed by atoms with Gasteiger partial charge in [0.2, 0.25) is 0 Å². The molecule has 0 radical (unpaired) electrons. The summed E-state index contributed by atoms with van der Waals surface area (Å²) in [5.41, 5.74) is 1.53. The van der Waals surface area contributed by atoms with Gasteiger partial charge < -0.3 is 24.2 Å². The molecule has 0 atom stereocenters. The van der Waals surface area contributed by atoms with Crippen LogP contribution in [0.15, 0.2) is 80.4 Å². The van der Waals surface area contributed by atoms with Crippen molar-refractivity contribution in [3.05, 3.63) is 93.8 Å². The third-order valence-corrected chi connectivity index (χ3v) is 5.20. The van der Waals surface area contributed by atoms with Crippen molar-refractivity contribution in [1.29, 1.82) is 0 Å². The number of benzene rings is 3. The molecule has 5 aromatic rings. The van der Waals surface area contributed by atoms with Crippen molar-refractivity contribution >= 4 is 40.1 Å². The van der Waals surface area contributed by atoms with Crippen LogP contribution in [0.5, 0.6) is 11.5 Å². The minimum atomic E-state index is -1.23. The number of aromatic carboxylic acids is 1. The number of phenols is 2. The predicted octanol–water partition coefficient (Wildman–Crippen LogP) is 5.49. The maximum Gasteiger partial charge on any atom is 0.339 e. The number of rotatable bonds is 4. The Bertz CT molecular complexity index is 1620. The molecule has 0 unspecified atom stereocenters. The van der Waals surface area contributed by atoms with E-state index in [2.05, 4.69) is 0 Å². The normalized spacial score (nSPS) is 11.5. The lowest BCUT2D eigenvalue weighted by Gasteiger charge is -2.09. The summed E-state index contributed by atoms with van der Waals surface area (Å²) in [6.45, 7) is 0. The van der Waals surface area contributed by atoms with Gasteiger partial charge in [-0.3, -0.25) is 4.79 Å². The SMILES string of the molecule is O=C(O)c1cc(/C=C/c2cc3cc(-c4ccc(O)cc4)oc4cc(=O)cc(o2)c34)ccc1O. The molecule has 0 aliphatic rings. The topological polar surface area (TPSA) is 121 Å². The summed E-state index contributed by atoms with van der Waals surface area (Å²) >= 11 is 0. The van der Waals surface area contributed by atoms with E-state index in [0.29, 0.717) is 33.6 Å². The molecule has 0 aliphatic carbocycles. The number of aromatic hydroxyl groups is 2. The number of carboxylic acid groups (broad SMARTS) is 1. The fourth-order valence-electron chi connectivity index (χ4n) is 3.65. The second-order valence-electron chi connectivity index (χ2n) is 7.47. The average Bonchev–Trinajstić information content (AvgIpc) is 2.78. The van der Waals surface area contributed by atoms with Gasteiger partial charge in [0.1, 0.15) is 39.7 Å². The van der Waals surface area contributed by atoms with Crippen LogP contribution in [0.2, 0.25) is 0 Å². The van der Waals surface area contributed by atoms with Crippen molar-refractivity contribution in [2.75, 3.05) is 0 Å².